The monoisotopic (exact) mass is 533 g/mol. The first kappa shape index (κ1) is 24.8. The van der Waals surface area contributed by atoms with Crippen LogP contribution < -0.4 is 19.7 Å². The van der Waals surface area contributed by atoms with Gasteiger partial charge in [-0.25, -0.2) is 8.42 Å². The van der Waals surface area contributed by atoms with Gasteiger partial charge in [-0.05, 0) is 79.3 Å². The fourth-order valence-electron chi connectivity index (χ4n) is 4.71. The van der Waals surface area contributed by atoms with E-state index in [0.29, 0.717) is 22.2 Å². The second-order valence-corrected chi connectivity index (χ2v) is 11.0. The van der Waals surface area contributed by atoms with Gasteiger partial charge in [0.1, 0.15) is 11.8 Å². The van der Waals surface area contributed by atoms with Gasteiger partial charge in [0.15, 0.2) is 5.11 Å². The van der Waals surface area contributed by atoms with E-state index in [2.05, 4.69) is 50.8 Å². The molecule has 37 heavy (non-hydrogen) atoms. The molecule has 190 valence electrons. The molecule has 0 unspecified atom stereocenters. The number of pyridine rings is 1. The highest BCUT2D eigenvalue weighted by Gasteiger charge is 2.42. The Balaban J connectivity index is 1.67. The predicted molar refractivity (Wildman–Crippen MR) is 150 cm³/mol. The maximum absolute atomic E-state index is 12.1. The highest BCUT2D eigenvalue weighted by Crippen LogP contribution is 2.43. The highest BCUT2D eigenvalue weighted by molar-refractivity contribution is 7.92. The number of hydrogen-bond acceptors (Lipinski definition) is 5. The molecule has 1 aliphatic heterocycles. The number of thiocarbonyl (C=S) groups is 1. The first-order valence-electron chi connectivity index (χ1n) is 11.7. The number of rotatable bonds is 7. The van der Waals surface area contributed by atoms with Crippen molar-refractivity contribution >= 4 is 38.7 Å². The van der Waals surface area contributed by atoms with Crippen LogP contribution in [0.1, 0.15) is 29.0 Å². The minimum atomic E-state index is -3.53. The third kappa shape index (κ3) is 5.03. The van der Waals surface area contributed by atoms with E-state index in [1.165, 1.54) is 7.11 Å². The molecule has 0 spiro atoms. The average molecular weight is 534 g/mol. The lowest BCUT2D eigenvalue weighted by molar-refractivity contribution is 0.417. The third-order valence-electron chi connectivity index (χ3n) is 6.22. The summed E-state index contributed by atoms with van der Waals surface area (Å²) in [6.07, 6.45) is 4.90. The van der Waals surface area contributed by atoms with Crippen LogP contribution in [0.4, 0.5) is 11.4 Å². The second kappa shape index (κ2) is 9.87. The molecule has 0 saturated carbocycles. The van der Waals surface area contributed by atoms with Gasteiger partial charge in [0.25, 0.3) is 0 Å². The van der Waals surface area contributed by atoms with Crippen LogP contribution >= 0.6 is 12.2 Å². The maximum atomic E-state index is 12.1. The molecule has 8 nitrogen and oxygen atoms in total. The molecule has 1 saturated heterocycles. The summed E-state index contributed by atoms with van der Waals surface area (Å²) in [7, 11) is -2.03. The fourth-order valence-corrected chi connectivity index (χ4v) is 5.61. The van der Waals surface area contributed by atoms with E-state index in [1.807, 2.05) is 47.5 Å². The van der Waals surface area contributed by atoms with E-state index < -0.39 is 10.0 Å². The lowest BCUT2D eigenvalue weighted by Crippen LogP contribution is -2.30. The number of sulfonamides is 1. The average Bonchev–Trinajstić information content (AvgIpc) is 3.48. The zero-order valence-electron chi connectivity index (χ0n) is 20.6. The Morgan fingerprint density at radius 2 is 1.86 bits per heavy atom. The van der Waals surface area contributed by atoms with Crippen molar-refractivity contribution in [2.24, 2.45) is 0 Å². The standard InChI is InChI=1S/C27H27N5O3S2/c1-18-8-6-9-19(16-18)31-15-7-11-23(31)26-25(21-10-4-5-14-28-21)29-27(36)32(26)20-12-13-24(35-2)22(17-20)30-37(3,33)34/h4-17,25-26,30H,1-3H3,(H,29,36)/t25-,26-/m1/s1. The Labute approximate surface area is 222 Å². The quantitative estimate of drug-likeness (QED) is 0.332. The Hall–Kier alpha value is -3.89. The fraction of sp³-hybridized carbons (Fsp3) is 0.185. The summed E-state index contributed by atoms with van der Waals surface area (Å²) in [5, 5.41) is 3.96. The normalized spacial score (nSPS) is 17.5. The van der Waals surface area contributed by atoms with Crippen LogP contribution in [0.3, 0.4) is 0 Å². The van der Waals surface area contributed by atoms with Crippen LogP contribution in [-0.4, -0.2) is 36.4 Å². The molecule has 5 rings (SSSR count). The molecule has 0 amide bonds. The van der Waals surface area contributed by atoms with Crippen molar-refractivity contribution in [3.05, 3.63) is 102 Å². The van der Waals surface area contributed by atoms with Gasteiger partial charge >= 0.3 is 0 Å². The predicted octanol–water partition coefficient (Wildman–Crippen LogP) is 4.74. The number of ether oxygens (including phenoxy) is 1. The number of nitrogens with zero attached hydrogens (tertiary/aromatic N) is 3. The van der Waals surface area contributed by atoms with Crippen molar-refractivity contribution in [1.29, 1.82) is 0 Å². The number of aryl methyl sites for hydroxylation is 1. The Morgan fingerprint density at radius 1 is 1.03 bits per heavy atom. The smallest absolute Gasteiger partial charge is 0.229 e. The van der Waals surface area contributed by atoms with E-state index in [4.69, 9.17) is 17.0 Å². The highest BCUT2D eigenvalue weighted by atomic mass is 32.2. The molecular weight excluding hydrogens is 506 g/mol. The SMILES string of the molecule is COc1ccc(N2C(=S)N[C@H](c3ccccn3)[C@H]2c2cccn2-c2cccc(C)c2)cc1NS(C)(=O)=O. The summed E-state index contributed by atoms with van der Waals surface area (Å²) >= 11 is 5.85. The van der Waals surface area contributed by atoms with Crippen molar-refractivity contribution < 1.29 is 13.2 Å². The third-order valence-corrected chi connectivity index (χ3v) is 7.12. The summed E-state index contributed by atoms with van der Waals surface area (Å²) in [4.78, 5) is 6.63. The first-order chi connectivity index (χ1) is 17.7. The Kier molecular flexibility index (Phi) is 6.61. The van der Waals surface area contributed by atoms with Gasteiger partial charge in [-0.1, -0.05) is 18.2 Å². The molecule has 4 aromatic rings. The van der Waals surface area contributed by atoms with Gasteiger partial charge in [-0.15, -0.1) is 0 Å². The zero-order valence-corrected chi connectivity index (χ0v) is 22.3. The topological polar surface area (TPSA) is 88.5 Å². The molecule has 0 radical (unpaired) electrons. The molecular formula is C27H27N5O3S2. The van der Waals surface area contributed by atoms with Gasteiger partial charge in [0.2, 0.25) is 10.0 Å². The second-order valence-electron chi connectivity index (χ2n) is 8.90. The summed E-state index contributed by atoms with van der Waals surface area (Å²) in [5.41, 5.74) is 5.08. The molecule has 2 aromatic heterocycles. The molecule has 2 aromatic carbocycles. The lowest BCUT2D eigenvalue weighted by atomic mass is 10.0. The number of aromatic nitrogens is 2. The lowest BCUT2D eigenvalue weighted by Gasteiger charge is -2.29. The van der Waals surface area contributed by atoms with Gasteiger partial charge in [0.05, 0.1) is 30.8 Å². The molecule has 10 heteroatoms. The number of anilines is 2. The van der Waals surface area contributed by atoms with E-state index in [1.54, 1.807) is 18.3 Å². The maximum Gasteiger partial charge on any atom is 0.229 e. The molecule has 0 bridgehead atoms. The number of hydrogen-bond donors (Lipinski definition) is 2. The van der Waals surface area contributed by atoms with Crippen molar-refractivity contribution in [2.45, 2.75) is 19.0 Å². The summed E-state index contributed by atoms with van der Waals surface area (Å²) in [6.45, 7) is 2.07. The van der Waals surface area contributed by atoms with E-state index in [0.717, 1.165) is 28.9 Å². The zero-order chi connectivity index (χ0) is 26.2. The van der Waals surface area contributed by atoms with Crippen molar-refractivity contribution in [3.8, 4) is 11.4 Å². The minimum absolute atomic E-state index is 0.249. The van der Waals surface area contributed by atoms with Crippen molar-refractivity contribution in [3.63, 3.8) is 0 Å². The van der Waals surface area contributed by atoms with E-state index >= 15 is 0 Å². The number of benzene rings is 2. The van der Waals surface area contributed by atoms with Crippen LogP contribution in [0.5, 0.6) is 5.75 Å². The molecule has 0 aliphatic carbocycles. The van der Waals surface area contributed by atoms with Crippen LogP contribution in [-0.2, 0) is 10.0 Å². The van der Waals surface area contributed by atoms with Gasteiger partial charge < -0.3 is 19.5 Å². The molecule has 2 N–H and O–H groups in total. The minimum Gasteiger partial charge on any atom is -0.495 e. The summed E-state index contributed by atoms with van der Waals surface area (Å²) in [6, 6.07) is 23.0. The summed E-state index contributed by atoms with van der Waals surface area (Å²) in [5.74, 6) is 0.410. The molecule has 3 heterocycles. The van der Waals surface area contributed by atoms with Gasteiger partial charge in [-0.2, -0.15) is 0 Å². The van der Waals surface area contributed by atoms with Crippen LogP contribution in [0.25, 0.3) is 5.69 Å². The van der Waals surface area contributed by atoms with Crippen molar-refractivity contribution in [1.82, 2.24) is 14.9 Å². The first-order valence-corrected chi connectivity index (χ1v) is 14.0. The summed E-state index contributed by atoms with van der Waals surface area (Å²) < 4.78 is 34.2. The largest absolute Gasteiger partial charge is 0.495 e. The van der Waals surface area contributed by atoms with E-state index in [-0.39, 0.29) is 12.1 Å². The Morgan fingerprint density at radius 3 is 2.57 bits per heavy atom. The molecule has 1 aliphatic rings. The Bertz CT molecular complexity index is 1550. The van der Waals surface area contributed by atoms with Crippen LogP contribution in [0.15, 0.2) is 85.2 Å². The molecule has 2 atom stereocenters. The number of nitrogens with one attached hydrogen (secondary N) is 2. The van der Waals surface area contributed by atoms with Crippen LogP contribution in [0, 0.1) is 6.92 Å². The van der Waals surface area contributed by atoms with Crippen molar-refractivity contribution in [2.75, 3.05) is 23.0 Å². The molecule has 1 fully saturated rings. The van der Waals surface area contributed by atoms with Gasteiger partial charge in [0, 0.05) is 29.5 Å². The van der Waals surface area contributed by atoms with Gasteiger partial charge in [-0.3, -0.25) is 9.71 Å². The number of methoxy groups -OCH3 is 1. The van der Waals surface area contributed by atoms with Crippen LogP contribution in [0.2, 0.25) is 0 Å². The van der Waals surface area contributed by atoms with E-state index in [9.17, 15) is 8.42 Å².